The Kier molecular flexibility index (Phi) is 4.95. The Morgan fingerprint density at radius 2 is 2.03 bits per heavy atom. The SMILES string of the molecule is Cc1cc(-c2c(C(C)C)nc(Cl)c3cc4c(cnn4C4CCCCO4)cc23)ccn1. The molecule has 5 rings (SSSR count). The fraction of sp³-hybridized carbons (Fsp3) is 0.375. The number of benzene rings is 1. The van der Waals surface area contributed by atoms with Crippen LogP contribution in [0, 0.1) is 6.92 Å². The van der Waals surface area contributed by atoms with Crippen LogP contribution in [0.4, 0.5) is 0 Å². The van der Waals surface area contributed by atoms with Gasteiger partial charge in [0, 0.05) is 34.8 Å². The Hall–Kier alpha value is -2.50. The number of hydrogen-bond acceptors (Lipinski definition) is 4. The zero-order chi connectivity index (χ0) is 20.8. The molecule has 6 heteroatoms. The van der Waals surface area contributed by atoms with Crippen LogP contribution < -0.4 is 0 Å². The van der Waals surface area contributed by atoms with Crippen LogP contribution in [0.5, 0.6) is 0 Å². The molecule has 0 spiro atoms. The Balaban J connectivity index is 1.79. The normalized spacial score (nSPS) is 17.3. The summed E-state index contributed by atoms with van der Waals surface area (Å²) in [6, 6.07) is 8.47. The van der Waals surface area contributed by atoms with Crippen LogP contribution in [0.3, 0.4) is 0 Å². The molecular formula is C24H25ClN4O. The summed E-state index contributed by atoms with van der Waals surface area (Å²) in [7, 11) is 0. The fourth-order valence-corrected chi connectivity index (χ4v) is 4.65. The number of ether oxygens (including phenoxy) is 1. The number of pyridine rings is 2. The van der Waals surface area contributed by atoms with Crippen molar-refractivity contribution in [2.75, 3.05) is 6.61 Å². The highest BCUT2D eigenvalue weighted by Gasteiger charge is 2.22. The Labute approximate surface area is 181 Å². The van der Waals surface area contributed by atoms with Crippen LogP contribution in [-0.4, -0.2) is 26.4 Å². The predicted octanol–water partition coefficient (Wildman–Crippen LogP) is 6.43. The van der Waals surface area contributed by atoms with Crippen LogP contribution in [0.1, 0.15) is 56.6 Å². The molecule has 1 unspecified atom stereocenters. The lowest BCUT2D eigenvalue weighted by molar-refractivity contribution is -0.0366. The average Bonchev–Trinajstić information content (AvgIpc) is 3.16. The average molecular weight is 421 g/mol. The van der Waals surface area contributed by atoms with E-state index in [4.69, 9.17) is 21.3 Å². The molecule has 1 aliphatic heterocycles. The van der Waals surface area contributed by atoms with Crippen LogP contribution in [0.25, 0.3) is 32.8 Å². The molecule has 5 nitrogen and oxygen atoms in total. The van der Waals surface area contributed by atoms with Crippen molar-refractivity contribution in [3.05, 3.63) is 53.2 Å². The van der Waals surface area contributed by atoms with Crippen molar-refractivity contribution in [3.8, 4) is 11.1 Å². The zero-order valence-corrected chi connectivity index (χ0v) is 18.3. The van der Waals surface area contributed by atoms with Crippen molar-refractivity contribution >= 4 is 33.3 Å². The van der Waals surface area contributed by atoms with Crippen LogP contribution in [0.15, 0.2) is 36.7 Å². The smallest absolute Gasteiger partial charge is 0.150 e. The van der Waals surface area contributed by atoms with Crippen LogP contribution in [0.2, 0.25) is 5.15 Å². The maximum absolute atomic E-state index is 6.72. The van der Waals surface area contributed by atoms with E-state index in [2.05, 4.69) is 42.1 Å². The molecule has 4 aromatic rings. The molecule has 0 amide bonds. The summed E-state index contributed by atoms with van der Waals surface area (Å²) < 4.78 is 7.97. The third kappa shape index (κ3) is 3.26. The van der Waals surface area contributed by atoms with E-state index in [1.54, 1.807) is 0 Å². The van der Waals surface area contributed by atoms with Crippen molar-refractivity contribution < 1.29 is 4.74 Å². The molecule has 0 bridgehead atoms. The van der Waals surface area contributed by atoms with E-state index < -0.39 is 0 Å². The number of aryl methyl sites for hydroxylation is 1. The molecule has 1 saturated heterocycles. The third-order valence-corrected chi connectivity index (χ3v) is 6.15. The molecule has 1 atom stereocenters. The molecule has 1 aromatic carbocycles. The van der Waals surface area contributed by atoms with Gasteiger partial charge in [0.25, 0.3) is 0 Å². The van der Waals surface area contributed by atoms with Crippen molar-refractivity contribution in [1.29, 1.82) is 0 Å². The van der Waals surface area contributed by atoms with Gasteiger partial charge in [-0.2, -0.15) is 5.10 Å². The van der Waals surface area contributed by atoms with Gasteiger partial charge in [-0.3, -0.25) is 4.98 Å². The standard InChI is InChI=1S/C24H25ClN4O/c1-14(2)23-22(16-7-8-26-15(3)10-16)18-11-17-13-27-29(21-6-4-5-9-30-21)20(17)12-19(18)24(25)28-23/h7-8,10-14,21H,4-6,9H2,1-3H3. The van der Waals surface area contributed by atoms with E-state index in [0.717, 1.165) is 70.1 Å². The minimum atomic E-state index is -0.0160. The van der Waals surface area contributed by atoms with Gasteiger partial charge in [0.05, 0.1) is 17.4 Å². The first-order chi connectivity index (χ1) is 14.5. The van der Waals surface area contributed by atoms with Gasteiger partial charge >= 0.3 is 0 Å². The Bertz CT molecular complexity index is 1240. The minimum Gasteiger partial charge on any atom is -0.356 e. The lowest BCUT2D eigenvalue weighted by Crippen LogP contribution is -2.18. The summed E-state index contributed by atoms with van der Waals surface area (Å²) in [5.41, 5.74) is 5.25. The van der Waals surface area contributed by atoms with Crippen molar-refractivity contribution in [2.24, 2.45) is 0 Å². The molecule has 154 valence electrons. The molecule has 30 heavy (non-hydrogen) atoms. The van der Waals surface area contributed by atoms with Gasteiger partial charge in [0.2, 0.25) is 0 Å². The number of halogens is 1. The summed E-state index contributed by atoms with van der Waals surface area (Å²) in [5, 5.41) is 8.32. The molecule has 1 aliphatic rings. The maximum atomic E-state index is 6.72. The predicted molar refractivity (Wildman–Crippen MR) is 121 cm³/mol. The second-order valence-electron chi connectivity index (χ2n) is 8.37. The van der Waals surface area contributed by atoms with Crippen molar-refractivity contribution in [2.45, 2.75) is 52.2 Å². The highest BCUT2D eigenvalue weighted by atomic mass is 35.5. The lowest BCUT2D eigenvalue weighted by Gasteiger charge is -2.23. The third-order valence-electron chi connectivity index (χ3n) is 5.86. The minimum absolute atomic E-state index is 0.0160. The first kappa shape index (κ1) is 19.5. The van der Waals surface area contributed by atoms with E-state index in [-0.39, 0.29) is 12.1 Å². The highest BCUT2D eigenvalue weighted by Crippen LogP contribution is 2.40. The maximum Gasteiger partial charge on any atom is 0.150 e. The van der Waals surface area contributed by atoms with Gasteiger partial charge in [0.1, 0.15) is 5.15 Å². The van der Waals surface area contributed by atoms with Crippen LogP contribution >= 0.6 is 11.6 Å². The van der Waals surface area contributed by atoms with E-state index in [9.17, 15) is 0 Å². The summed E-state index contributed by atoms with van der Waals surface area (Å²) in [6.45, 7) is 7.10. The van der Waals surface area contributed by atoms with Gasteiger partial charge in [-0.15, -0.1) is 0 Å². The largest absolute Gasteiger partial charge is 0.356 e. The first-order valence-corrected chi connectivity index (χ1v) is 11.0. The molecule has 3 aromatic heterocycles. The summed E-state index contributed by atoms with van der Waals surface area (Å²) in [4.78, 5) is 9.19. The number of rotatable bonds is 3. The summed E-state index contributed by atoms with van der Waals surface area (Å²) in [5.74, 6) is 0.240. The van der Waals surface area contributed by atoms with E-state index in [1.807, 2.05) is 30.1 Å². The van der Waals surface area contributed by atoms with E-state index in [0.29, 0.717) is 5.15 Å². The summed E-state index contributed by atoms with van der Waals surface area (Å²) >= 11 is 6.72. The quantitative estimate of drug-likeness (QED) is 0.358. The second-order valence-corrected chi connectivity index (χ2v) is 8.73. The molecule has 1 fully saturated rings. The van der Waals surface area contributed by atoms with Crippen molar-refractivity contribution in [3.63, 3.8) is 0 Å². The number of hydrogen-bond donors (Lipinski definition) is 0. The Morgan fingerprint density at radius 3 is 2.77 bits per heavy atom. The van der Waals surface area contributed by atoms with E-state index >= 15 is 0 Å². The van der Waals surface area contributed by atoms with Gasteiger partial charge in [0.15, 0.2) is 6.23 Å². The second kappa shape index (κ2) is 7.64. The zero-order valence-electron chi connectivity index (χ0n) is 17.5. The molecule has 0 N–H and O–H groups in total. The first-order valence-electron chi connectivity index (χ1n) is 10.6. The van der Waals surface area contributed by atoms with Gasteiger partial charge in [-0.1, -0.05) is 25.4 Å². The number of nitrogens with zero attached hydrogens (tertiary/aromatic N) is 4. The summed E-state index contributed by atoms with van der Waals surface area (Å²) in [6.07, 6.45) is 7.02. The van der Waals surface area contributed by atoms with Gasteiger partial charge < -0.3 is 4.74 Å². The monoisotopic (exact) mass is 420 g/mol. The van der Waals surface area contributed by atoms with Crippen molar-refractivity contribution in [1.82, 2.24) is 19.7 Å². The lowest BCUT2D eigenvalue weighted by atomic mass is 9.92. The topological polar surface area (TPSA) is 52.8 Å². The molecule has 0 saturated carbocycles. The highest BCUT2D eigenvalue weighted by molar-refractivity contribution is 6.35. The van der Waals surface area contributed by atoms with Crippen LogP contribution in [-0.2, 0) is 4.74 Å². The molecular weight excluding hydrogens is 396 g/mol. The van der Waals surface area contributed by atoms with E-state index in [1.165, 1.54) is 0 Å². The number of aromatic nitrogens is 4. The molecule has 0 radical (unpaired) electrons. The Morgan fingerprint density at radius 1 is 1.17 bits per heavy atom. The fourth-order valence-electron chi connectivity index (χ4n) is 4.40. The number of fused-ring (bicyclic) bond motifs is 2. The molecule has 0 aliphatic carbocycles. The van der Waals surface area contributed by atoms with Gasteiger partial charge in [-0.05, 0) is 67.3 Å². The molecule has 4 heterocycles. The van der Waals surface area contributed by atoms with Gasteiger partial charge in [-0.25, -0.2) is 9.67 Å².